The van der Waals surface area contributed by atoms with Crippen molar-refractivity contribution in [2.45, 2.75) is 6.42 Å². The number of nitrogens with one attached hydrogen (secondary N) is 2. The largest absolute Gasteiger partial charge is 0.304 e. The highest BCUT2D eigenvalue weighted by Gasteiger charge is 2.20. The van der Waals surface area contributed by atoms with Gasteiger partial charge < -0.3 is 5.32 Å². The van der Waals surface area contributed by atoms with Crippen LogP contribution < -0.4 is 5.32 Å². The van der Waals surface area contributed by atoms with Gasteiger partial charge in [0.05, 0.1) is 10.4 Å². The van der Waals surface area contributed by atoms with Crippen LogP contribution in [0.15, 0.2) is 60.7 Å². The molecule has 0 radical (unpaired) electrons. The number of benzene rings is 3. The summed E-state index contributed by atoms with van der Waals surface area (Å²) in [7, 11) is 0. The molecule has 1 heterocycles. The van der Waals surface area contributed by atoms with Gasteiger partial charge in [0, 0.05) is 17.5 Å². The van der Waals surface area contributed by atoms with Crippen molar-refractivity contribution < 1.29 is 18.5 Å². The number of carbonyl (C=O) groups is 1. The fraction of sp³-hybridized carbons (Fsp3) is 0.0476. The molecular weight excluding hydrogens is 394 g/mol. The zero-order chi connectivity index (χ0) is 21.3. The monoisotopic (exact) mass is 408 g/mol. The normalized spacial score (nSPS) is 10.9. The Morgan fingerprint density at radius 1 is 1.03 bits per heavy atom. The van der Waals surface area contributed by atoms with Crippen molar-refractivity contribution in [3.63, 3.8) is 0 Å². The number of nitrogens with zero attached hydrogens (tertiary/aromatic N) is 2. The predicted molar refractivity (Wildman–Crippen MR) is 106 cm³/mol. The SMILES string of the molecule is O=C(Nc1n[nH]c2ccc(Cc3cc(F)cc(F)c3)cc12)c1ccccc1[N+](=O)[O-]. The van der Waals surface area contributed by atoms with Gasteiger partial charge in [-0.15, -0.1) is 0 Å². The number of para-hydroxylation sites is 1. The summed E-state index contributed by atoms with van der Waals surface area (Å²) in [6.45, 7) is 0. The van der Waals surface area contributed by atoms with E-state index in [1.807, 2.05) is 0 Å². The molecule has 4 aromatic rings. The minimum absolute atomic E-state index is 0.0926. The second-order valence-corrected chi connectivity index (χ2v) is 6.64. The molecule has 3 aromatic carbocycles. The molecule has 0 aliphatic heterocycles. The molecule has 30 heavy (non-hydrogen) atoms. The van der Waals surface area contributed by atoms with Gasteiger partial charge in [0.25, 0.3) is 11.6 Å². The van der Waals surface area contributed by atoms with E-state index in [1.54, 1.807) is 18.2 Å². The number of hydrogen-bond donors (Lipinski definition) is 2. The highest BCUT2D eigenvalue weighted by atomic mass is 19.1. The first kappa shape index (κ1) is 19.2. The Bertz CT molecular complexity index is 1270. The zero-order valence-electron chi connectivity index (χ0n) is 15.4. The molecular formula is C21H14F2N4O3. The lowest BCUT2D eigenvalue weighted by atomic mass is 10.0. The summed E-state index contributed by atoms with van der Waals surface area (Å²) in [6, 6.07) is 14.1. The van der Waals surface area contributed by atoms with E-state index in [2.05, 4.69) is 15.5 Å². The van der Waals surface area contributed by atoms with Crippen LogP contribution in [-0.4, -0.2) is 21.0 Å². The van der Waals surface area contributed by atoms with Crippen LogP contribution in [-0.2, 0) is 6.42 Å². The van der Waals surface area contributed by atoms with E-state index in [0.717, 1.165) is 11.6 Å². The lowest BCUT2D eigenvalue weighted by Gasteiger charge is -2.06. The third-order valence-corrected chi connectivity index (χ3v) is 4.54. The number of carbonyl (C=O) groups excluding carboxylic acids is 1. The van der Waals surface area contributed by atoms with Crippen LogP contribution in [0.2, 0.25) is 0 Å². The Hall–Kier alpha value is -4.14. The number of rotatable bonds is 5. The summed E-state index contributed by atoms with van der Waals surface area (Å²) in [4.78, 5) is 23.1. The van der Waals surface area contributed by atoms with Crippen molar-refractivity contribution in [1.82, 2.24) is 10.2 Å². The van der Waals surface area contributed by atoms with Gasteiger partial charge in [0.1, 0.15) is 17.2 Å². The number of hydrogen-bond acceptors (Lipinski definition) is 4. The summed E-state index contributed by atoms with van der Waals surface area (Å²) >= 11 is 0. The van der Waals surface area contributed by atoms with Gasteiger partial charge in [-0.2, -0.15) is 5.10 Å². The Labute approximate surface area is 168 Å². The molecule has 0 saturated carbocycles. The smallest absolute Gasteiger partial charge is 0.282 e. The van der Waals surface area contributed by atoms with Crippen molar-refractivity contribution >= 4 is 28.3 Å². The number of fused-ring (bicyclic) bond motifs is 1. The molecule has 4 rings (SSSR count). The number of H-pyrrole nitrogens is 1. The second kappa shape index (κ2) is 7.70. The fourth-order valence-corrected chi connectivity index (χ4v) is 3.21. The van der Waals surface area contributed by atoms with E-state index < -0.39 is 22.5 Å². The lowest BCUT2D eigenvalue weighted by molar-refractivity contribution is -0.385. The average molecular weight is 408 g/mol. The molecule has 9 heteroatoms. The van der Waals surface area contributed by atoms with E-state index in [0.29, 0.717) is 16.5 Å². The summed E-state index contributed by atoms with van der Waals surface area (Å²) in [5.41, 5.74) is 1.42. The molecule has 0 spiro atoms. The summed E-state index contributed by atoms with van der Waals surface area (Å²) < 4.78 is 26.9. The van der Waals surface area contributed by atoms with Crippen LogP contribution in [0.5, 0.6) is 0 Å². The van der Waals surface area contributed by atoms with Gasteiger partial charge in [-0.25, -0.2) is 8.78 Å². The van der Waals surface area contributed by atoms with E-state index >= 15 is 0 Å². The third-order valence-electron chi connectivity index (χ3n) is 4.54. The molecule has 0 unspecified atom stereocenters. The summed E-state index contributed by atoms with van der Waals surface area (Å²) in [5, 5.41) is 21.1. The Morgan fingerprint density at radius 3 is 2.50 bits per heavy atom. The van der Waals surface area contributed by atoms with E-state index in [9.17, 15) is 23.7 Å². The number of anilines is 1. The van der Waals surface area contributed by atoms with Crippen LogP contribution in [0.1, 0.15) is 21.5 Å². The maximum absolute atomic E-state index is 13.4. The Kier molecular flexibility index (Phi) is 4.93. The molecule has 2 N–H and O–H groups in total. The molecule has 1 amide bonds. The summed E-state index contributed by atoms with van der Waals surface area (Å²) in [5.74, 6) is -1.80. The van der Waals surface area contributed by atoms with Gasteiger partial charge in [0.15, 0.2) is 5.82 Å². The molecule has 0 atom stereocenters. The standard InChI is InChI=1S/C21H14F2N4O3/c22-14-8-13(9-15(23)11-14)7-12-5-6-18-17(10-12)20(26-25-18)24-21(28)16-3-1-2-4-19(16)27(29)30/h1-6,8-11H,7H2,(H2,24,25,26,28). The first-order valence-electron chi connectivity index (χ1n) is 8.87. The van der Waals surface area contributed by atoms with E-state index in [-0.39, 0.29) is 23.5 Å². The number of nitro groups is 1. The summed E-state index contributed by atoms with van der Waals surface area (Å²) in [6.07, 6.45) is 0.271. The van der Waals surface area contributed by atoms with Crippen LogP contribution >= 0.6 is 0 Å². The highest BCUT2D eigenvalue weighted by molar-refractivity contribution is 6.09. The Morgan fingerprint density at radius 2 is 1.77 bits per heavy atom. The van der Waals surface area contributed by atoms with Crippen LogP contribution in [0, 0.1) is 21.7 Å². The topological polar surface area (TPSA) is 101 Å². The molecule has 150 valence electrons. The van der Waals surface area contributed by atoms with Crippen LogP contribution in [0.25, 0.3) is 10.9 Å². The maximum atomic E-state index is 13.4. The molecule has 0 fully saturated rings. The first-order valence-corrected chi connectivity index (χ1v) is 8.87. The van der Waals surface area contributed by atoms with E-state index in [1.165, 1.54) is 36.4 Å². The van der Waals surface area contributed by atoms with E-state index in [4.69, 9.17) is 0 Å². The lowest BCUT2D eigenvalue weighted by Crippen LogP contribution is -2.14. The van der Waals surface area contributed by atoms with Gasteiger partial charge in [0.2, 0.25) is 0 Å². The number of halogens is 2. The number of aromatic amines is 1. The number of aromatic nitrogens is 2. The molecule has 0 saturated heterocycles. The van der Waals surface area contributed by atoms with Crippen molar-refractivity contribution in [2.75, 3.05) is 5.32 Å². The number of nitro benzene ring substituents is 1. The molecule has 0 aliphatic rings. The van der Waals surface area contributed by atoms with Crippen molar-refractivity contribution in [1.29, 1.82) is 0 Å². The maximum Gasteiger partial charge on any atom is 0.282 e. The molecule has 1 aromatic heterocycles. The minimum Gasteiger partial charge on any atom is -0.304 e. The Balaban J connectivity index is 1.63. The second-order valence-electron chi connectivity index (χ2n) is 6.64. The molecule has 0 aliphatic carbocycles. The molecule has 0 bridgehead atoms. The van der Waals surface area contributed by atoms with Crippen LogP contribution in [0.4, 0.5) is 20.3 Å². The zero-order valence-corrected chi connectivity index (χ0v) is 15.4. The van der Waals surface area contributed by atoms with Gasteiger partial charge in [-0.05, 0) is 47.9 Å². The fourth-order valence-electron chi connectivity index (χ4n) is 3.21. The highest BCUT2D eigenvalue weighted by Crippen LogP contribution is 2.25. The van der Waals surface area contributed by atoms with Crippen molar-refractivity contribution in [2.24, 2.45) is 0 Å². The number of amides is 1. The minimum atomic E-state index is -0.673. The van der Waals surface area contributed by atoms with Gasteiger partial charge >= 0.3 is 0 Å². The first-order chi connectivity index (χ1) is 14.4. The van der Waals surface area contributed by atoms with Crippen LogP contribution in [0.3, 0.4) is 0 Å². The predicted octanol–water partition coefficient (Wildman–Crippen LogP) is 4.59. The van der Waals surface area contributed by atoms with Crippen molar-refractivity contribution in [3.8, 4) is 0 Å². The van der Waals surface area contributed by atoms with Gasteiger partial charge in [-0.1, -0.05) is 18.2 Å². The third kappa shape index (κ3) is 3.86. The molecule has 7 nitrogen and oxygen atoms in total. The van der Waals surface area contributed by atoms with Crippen molar-refractivity contribution in [3.05, 3.63) is 99.1 Å². The average Bonchev–Trinajstić information content (AvgIpc) is 3.09. The van der Waals surface area contributed by atoms with Gasteiger partial charge in [-0.3, -0.25) is 20.0 Å². The quantitative estimate of drug-likeness (QED) is 0.372.